The first-order chi connectivity index (χ1) is 6.78. The van der Waals surface area contributed by atoms with Crippen LogP contribution >= 0.6 is 0 Å². The summed E-state index contributed by atoms with van der Waals surface area (Å²) in [5.74, 6) is 0.488. The maximum Gasteiger partial charge on any atom is 0.222 e. The van der Waals surface area contributed by atoms with Gasteiger partial charge in [-0.2, -0.15) is 0 Å². The summed E-state index contributed by atoms with van der Waals surface area (Å²) in [6, 6.07) is 0. The van der Waals surface area contributed by atoms with E-state index in [-0.39, 0.29) is 11.8 Å². The van der Waals surface area contributed by atoms with Gasteiger partial charge in [-0.25, -0.2) is 0 Å². The molecule has 0 spiro atoms. The van der Waals surface area contributed by atoms with E-state index in [1.54, 1.807) is 6.92 Å². The van der Waals surface area contributed by atoms with Crippen LogP contribution in [0, 0.1) is 11.8 Å². The van der Waals surface area contributed by atoms with Crippen LogP contribution in [0.1, 0.15) is 47.5 Å². The van der Waals surface area contributed by atoms with E-state index in [9.17, 15) is 9.90 Å². The fourth-order valence-corrected chi connectivity index (χ4v) is 1.59. The first kappa shape index (κ1) is 14.4. The van der Waals surface area contributed by atoms with Crippen LogP contribution in [-0.4, -0.2) is 23.2 Å². The van der Waals surface area contributed by atoms with Gasteiger partial charge < -0.3 is 10.4 Å². The molecule has 0 rings (SSSR count). The van der Waals surface area contributed by atoms with Crippen molar-refractivity contribution in [3.63, 3.8) is 0 Å². The van der Waals surface area contributed by atoms with Gasteiger partial charge in [-0.3, -0.25) is 4.79 Å². The second kappa shape index (κ2) is 6.11. The minimum absolute atomic E-state index is 0.0276. The van der Waals surface area contributed by atoms with Crippen molar-refractivity contribution < 1.29 is 9.90 Å². The summed E-state index contributed by atoms with van der Waals surface area (Å²) in [4.78, 5) is 11.5. The van der Waals surface area contributed by atoms with E-state index in [0.29, 0.717) is 18.9 Å². The molecule has 0 aromatic heterocycles. The first-order valence-corrected chi connectivity index (χ1v) is 5.78. The molecule has 90 valence electrons. The van der Waals surface area contributed by atoms with Gasteiger partial charge in [0.1, 0.15) is 0 Å². The quantitative estimate of drug-likeness (QED) is 0.711. The monoisotopic (exact) mass is 215 g/mol. The normalized spacial score (nSPS) is 17.3. The molecule has 2 N–H and O–H groups in total. The molecule has 2 atom stereocenters. The van der Waals surface area contributed by atoms with E-state index in [1.807, 2.05) is 13.8 Å². The van der Waals surface area contributed by atoms with Crippen LogP contribution in [-0.2, 0) is 4.79 Å². The Hall–Kier alpha value is -0.570. The summed E-state index contributed by atoms with van der Waals surface area (Å²) in [5, 5.41) is 12.8. The van der Waals surface area contributed by atoms with Crippen LogP contribution in [0.25, 0.3) is 0 Å². The minimum Gasteiger partial charge on any atom is -0.388 e. The number of hydrogen-bond donors (Lipinski definition) is 2. The Morgan fingerprint density at radius 2 is 1.93 bits per heavy atom. The lowest BCUT2D eigenvalue weighted by Gasteiger charge is -2.26. The molecule has 0 aromatic carbocycles. The lowest BCUT2D eigenvalue weighted by Crippen LogP contribution is -2.43. The molecule has 0 heterocycles. The molecule has 0 aliphatic rings. The molecule has 0 aliphatic carbocycles. The smallest absolute Gasteiger partial charge is 0.222 e. The highest BCUT2D eigenvalue weighted by atomic mass is 16.3. The number of hydrogen-bond acceptors (Lipinski definition) is 2. The summed E-state index contributed by atoms with van der Waals surface area (Å²) in [7, 11) is 0. The van der Waals surface area contributed by atoms with Gasteiger partial charge in [-0.15, -0.1) is 0 Å². The largest absolute Gasteiger partial charge is 0.388 e. The Bertz CT molecular complexity index is 200. The zero-order valence-electron chi connectivity index (χ0n) is 10.6. The van der Waals surface area contributed by atoms with Crippen LogP contribution in [0.5, 0.6) is 0 Å². The summed E-state index contributed by atoms with van der Waals surface area (Å²) < 4.78 is 0. The van der Waals surface area contributed by atoms with E-state index in [0.717, 1.165) is 6.42 Å². The number of rotatable bonds is 6. The average molecular weight is 215 g/mol. The fourth-order valence-electron chi connectivity index (χ4n) is 1.59. The first-order valence-electron chi connectivity index (χ1n) is 5.78. The predicted octanol–water partition coefficient (Wildman–Crippen LogP) is 1.95. The molecule has 3 heteroatoms. The summed E-state index contributed by atoms with van der Waals surface area (Å²) in [6.07, 6.45) is 1.53. The maximum atomic E-state index is 11.5. The van der Waals surface area contributed by atoms with Gasteiger partial charge in [0.05, 0.1) is 5.60 Å². The van der Waals surface area contributed by atoms with E-state index in [1.165, 1.54) is 0 Å². The van der Waals surface area contributed by atoms with Crippen LogP contribution in [0.4, 0.5) is 0 Å². The van der Waals surface area contributed by atoms with Crippen LogP contribution in [0.3, 0.4) is 0 Å². The molecule has 15 heavy (non-hydrogen) atoms. The van der Waals surface area contributed by atoms with Crippen molar-refractivity contribution in [1.29, 1.82) is 0 Å². The number of carbonyl (C=O) groups is 1. The van der Waals surface area contributed by atoms with Gasteiger partial charge in [-0.05, 0) is 25.7 Å². The van der Waals surface area contributed by atoms with Gasteiger partial charge in [0, 0.05) is 12.5 Å². The molecule has 2 unspecified atom stereocenters. The molecule has 0 saturated carbocycles. The Morgan fingerprint density at radius 3 is 2.33 bits per heavy atom. The minimum atomic E-state index is -0.794. The molecule has 0 bridgehead atoms. The molecule has 0 radical (unpaired) electrons. The SMILES string of the molecule is CCC(C)C(=O)NCC(C)(O)CC(C)C. The second-order valence-corrected chi connectivity index (χ2v) is 5.12. The van der Waals surface area contributed by atoms with Crippen LogP contribution < -0.4 is 5.32 Å². The van der Waals surface area contributed by atoms with Crippen molar-refractivity contribution in [3.8, 4) is 0 Å². The fraction of sp³-hybridized carbons (Fsp3) is 0.917. The molecular weight excluding hydrogens is 190 g/mol. The molecule has 0 saturated heterocycles. The van der Waals surface area contributed by atoms with Crippen molar-refractivity contribution in [2.45, 2.75) is 53.1 Å². The third-order valence-corrected chi connectivity index (χ3v) is 2.55. The van der Waals surface area contributed by atoms with E-state index >= 15 is 0 Å². The second-order valence-electron chi connectivity index (χ2n) is 5.12. The van der Waals surface area contributed by atoms with Crippen molar-refractivity contribution >= 4 is 5.91 Å². The van der Waals surface area contributed by atoms with Gasteiger partial charge >= 0.3 is 0 Å². The summed E-state index contributed by atoms with van der Waals surface area (Å²) in [5.41, 5.74) is -0.794. The summed E-state index contributed by atoms with van der Waals surface area (Å²) in [6.45, 7) is 10.1. The Balaban J connectivity index is 3.98. The Kier molecular flexibility index (Phi) is 5.88. The zero-order valence-corrected chi connectivity index (χ0v) is 10.6. The lowest BCUT2D eigenvalue weighted by molar-refractivity contribution is -0.125. The van der Waals surface area contributed by atoms with E-state index in [2.05, 4.69) is 19.2 Å². The molecule has 0 aliphatic heterocycles. The van der Waals surface area contributed by atoms with Crippen molar-refractivity contribution in [2.75, 3.05) is 6.54 Å². The average Bonchev–Trinajstić information content (AvgIpc) is 2.11. The number of carbonyl (C=O) groups excluding carboxylic acids is 1. The third kappa shape index (κ3) is 6.50. The van der Waals surface area contributed by atoms with Crippen molar-refractivity contribution in [1.82, 2.24) is 5.32 Å². The highest BCUT2D eigenvalue weighted by Gasteiger charge is 2.23. The van der Waals surface area contributed by atoms with Crippen LogP contribution in [0.15, 0.2) is 0 Å². The maximum absolute atomic E-state index is 11.5. The van der Waals surface area contributed by atoms with E-state index < -0.39 is 5.60 Å². The predicted molar refractivity (Wildman–Crippen MR) is 62.5 cm³/mol. The van der Waals surface area contributed by atoms with Crippen molar-refractivity contribution in [3.05, 3.63) is 0 Å². The molecular formula is C12H25NO2. The van der Waals surface area contributed by atoms with Crippen molar-refractivity contribution in [2.24, 2.45) is 11.8 Å². The highest BCUT2D eigenvalue weighted by molar-refractivity contribution is 5.78. The van der Waals surface area contributed by atoms with Crippen LogP contribution in [0.2, 0.25) is 0 Å². The summed E-state index contributed by atoms with van der Waals surface area (Å²) >= 11 is 0. The topological polar surface area (TPSA) is 49.3 Å². The lowest BCUT2D eigenvalue weighted by atomic mass is 9.94. The molecule has 0 aromatic rings. The Morgan fingerprint density at radius 1 is 1.40 bits per heavy atom. The third-order valence-electron chi connectivity index (χ3n) is 2.55. The number of aliphatic hydroxyl groups is 1. The van der Waals surface area contributed by atoms with Gasteiger partial charge in [0.15, 0.2) is 0 Å². The molecule has 0 fully saturated rings. The molecule has 3 nitrogen and oxygen atoms in total. The highest BCUT2D eigenvalue weighted by Crippen LogP contribution is 2.15. The van der Waals surface area contributed by atoms with Gasteiger partial charge in [0.2, 0.25) is 5.91 Å². The number of nitrogens with one attached hydrogen (secondary N) is 1. The van der Waals surface area contributed by atoms with Gasteiger partial charge in [-0.1, -0.05) is 27.7 Å². The Labute approximate surface area is 93.3 Å². The zero-order chi connectivity index (χ0) is 12.1. The molecule has 1 amide bonds. The number of amides is 1. The van der Waals surface area contributed by atoms with Gasteiger partial charge in [0.25, 0.3) is 0 Å². The standard InChI is InChI=1S/C12H25NO2/c1-6-10(4)11(14)13-8-12(5,15)7-9(2)3/h9-10,15H,6-8H2,1-5H3,(H,13,14). The van der Waals surface area contributed by atoms with E-state index in [4.69, 9.17) is 0 Å².